The molecule has 0 aromatic heterocycles. The lowest BCUT2D eigenvalue weighted by Crippen LogP contribution is -2.49. The van der Waals surface area contributed by atoms with Crippen LogP contribution in [0, 0.1) is 11.3 Å². The van der Waals surface area contributed by atoms with E-state index in [0.717, 1.165) is 69.7 Å². The summed E-state index contributed by atoms with van der Waals surface area (Å²) in [5, 5.41) is 3.18. The number of aryl methyl sites for hydroxylation is 1. The molecule has 1 saturated heterocycles. The van der Waals surface area contributed by atoms with Crippen molar-refractivity contribution in [3.63, 3.8) is 0 Å². The second-order valence-corrected chi connectivity index (χ2v) is 10.4. The van der Waals surface area contributed by atoms with Crippen LogP contribution in [0.15, 0.2) is 24.3 Å². The summed E-state index contributed by atoms with van der Waals surface area (Å²) in [5.74, 6) is 1.89. The van der Waals surface area contributed by atoms with E-state index in [0.29, 0.717) is 18.9 Å². The molecule has 1 aliphatic carbocycles. The minimum Gasteiger partial charge on any atom is -0.481 e. The van der Waals surface area contributed by atoms with Crippen molar-refractivity contribution in [2.45, 2.75) is 90.1 Å². The highest BCUT2D eigenvalue weighted by atomic mass is 16.5. The third-order valence-electron chi connectivity index (χ3n) is 8.10. The number of benzene rings is 1. The number of fused-ring (bicyclic) bond motifs is 1. The van der Waals surface area contributed by atoms with Crippen molar-refractivity contribution >= 4 is 11.8 Å². The first kappa shape index (κ1) is 23.1. The molecule has 2 amide bonds. The standard InChI is InChI=1S/C27H40N2O3/c1-21-26(31)28-20-27(15-7-6-11-23-10-4-5-12-24(23)32-21)16-18-29(19-17-27)25(30)14-13-22-8-2-3-9-22/h4-5,10,12,21-22H,2-3,6-9,11,13-20H2,1H3,(H,28,31)/t21-/m1/s1. The molecule has 4 rings (SSSR count). The number of nitrogens with one attached hydrogen (secondary N) is 1. The number of amides is 2. The highest BCUT2D eigenvalue weighted by Crippen LogP contribution is 2.37. The largest absolute Gasteiger partial charge is 0.481 e. The Hall–Kier alpha value is -2.04. The Morgan fingerprint density at radius 1 is 1.09 bits per heavy atom. The van der Waals surface area contributed by atoms with Gasteiger partial charge in [-0.2, -0.15) is 0 Å². The minimum atomic E-state index is -0.509. The lowest BCUT2D eigenvalue weighted by Gasteiger charge is -2.42. The third kappa shape index (κ3) is 5.85. The number of hydrogen-bond acceptors (Lipinski definition) is 3. The average molecular weight is 441 g/mol. The van der Waals surface area contributed by atoms with Crippen molar-refractivity contribution in [2.75, 3.05) is 19.6 Å². The first-order valence-corrected chi connectivity index (χ1v) is 12.8. The molecule has 3 aliphatic rings. The Balaban J connectivity index is 1.34. The SMILES string of the molecule is C[C@H]1Oc2ccccc2CCCCC2(CCN(C(=O)CCC3CCCC3)CC2)CNC1=O. The van der Waals surface area contributed by atoms with Crippen LogP contribution in [0.1, 0.15) is 83.1 Å². The second kappa shape index (κ2) is 10.7. The van der Waals surface area contributed by atoms with Crippen LogP contribution in [-0.4, -0.2) is 42.5 Å². The van der Waals surface area contributed by atoms with Crippen molar-refractivity contribution in [1.82, 2.24) is 10.2 Å². The molecular weight excluding hydrogens is 400 g/mol. The van der Waals surface area contributed by atoms with E-state index in [2.05, 4.69) is 16.3 Å². The fourth-order valence-electron chi connectivity index (χ4n) is 5.83. The molecule has 1 atom stereocenters. The molecule has 1 aromatic rings. The summed E-state index contributed by atoms with van der Waals surface area (Å²) in [6.45, 7) is 4.17. The van der Waals surface area contributed by atoms with Gasteiger partial charge in [-0.05, 0) is 68.4 Å². The van der Waals surface area contributed by atoms with Crippen LogP contribution in [0.4, 0.5) is 0 Å². The summed E-state index contributed by atoms with van der Waals surface area (Å²) < 4.78 is 6.01. The Bertz CT molecular complexity index is 779. The summed E-state index contributed by atoms with van der Waals surface area (Å²) in [5.41, 5.74) is 1.28. The van der Waals surface area contributed by atoms with Gasteiger partial charge in [-0.15, -0.1) is 0 Å². The number of carbonyl (C=O) groups excluding carboxylic acids is 2. The number of piperidine rings is 1. The first-order chi connectivity index (χ1) is 15.5. The maximum Gasteiger partial charge on any atom is 0.260 e. The van der Waals surface area contributed by atoms with Gasteiger partial charge in [0.05, 0.1) is 0 Å². The number of rotatable bonds is 3. The molecule has 0 radical (unpaired) electrons. The summed E-state index contributed by atoms with van der Waals surface area (Å²) in [4.78, 5) is 27.6. The average Bonchev–Trinajstić information content (AvgIpc) is 3.33. The molecule has 1 spiro atoms. The summed E-state index contributed by atoms with van der Waals surface area (Å²) in [7, 11) is 0. The fraction of sp³-hybridized carbons (Fsp3) is 0.704. The van der Waals surface area contributed by atoms with Crippen LogP contribution >= 0.6 is 0 Å². The zero-order valence-corrected chi connectivity index (χ0v) is 19.7. The number of ether oxygens (including phenoxy) is 1. The molecule has 176 valence electrons. The fourth-order valence-corrected chi connectivity index (χ4v) is 5.83. The summed E-state index contributed by atoms with van der Waals surface area (Å²) in [6, 6.07) is 8.08. The van der Waals surface area contributed by atoms with Crippen LogP contribution in [0.25, 0.3) is 0 Å². The van der Waals surface area contributed by atoms with Crippen LogP contribution in [0.2, 0.25) is 0 Å². The summed E-state index contributed by atoms with van der Waals surface area (Å²) in [6.07, 6.45) is 12.9. The molecule has 5 nitrogen and oxygen atoms in total. The van der Waals surface area contributed by atoms with E-state index >= 15 is 0 Å². The highest BCUT2D eigenvalue weighted by molar-refractivity contribution is 5.80. The predicted octanol–water partition coefficient (Wildman–Crippen LogP) is 4.88. The molecule has 0 unspecified atom stereocenters. The normalized spacial score (nSPS) is 24.7. The summed E-state index contributed by atoms with van der Waals surface area (Å²) >= 11 is 0. The van der Waals surface area contributed by atoms with Gasteiger partial charge in [-0.3, -0.25) is 9.59 Å². The molecule has 0 bridgehead atoms. The van der Waals surface area contributed by atoms with Gasteiger partial charge in [-0.25, -0.2) is 0 Å². The molecule has 32 heavy (non-hydrogen) atoms. The maximum absolute atomic E-state index is 12.8. The van der Waals surface area contributed by atoms with Gasteiger partial charge in [-0.1, -0.05) is 50.3 Å². The van der Waals surface area contributed by atoms with Crippen LogP contribution < -0.4 is 10.1 Å². The zero-order valence-electron chi connectivity index (χ0n) is 19.7. The van der Waals surface area contributed by atoms with Crippen molar-refractivity contribution in [1.29, 1.82) is 0 Å². The van der Waals surface area contributed by atoms with E-state index < -0.39 is 6.10 Å². The molecule has 1 saturated carbocycles. The van der Waals surface area contributed by atoms with Crippen molar-refractivity contribution in [3.05, 3.63) is 29.8 Å². The highest BCUT2D eigenvalue weighted by Gasteiger charge is 2.36. The minimum absolute atomic E-state index is 0.0465. The molecular formula is C27H40N2O3. The van der Waals surface area contributed by atoms with Crippen molar-refractivity contribution in [2.24, 2.45) is 11.3 Å². The number of nitrogens with zero attached hydrogens (tertiary/aromatic N) is 1. The van der Waals surface area contributed by atoms with Gasteiger partial charge in [0.15, 0.2) is 6.10 Å². The first-order valence-electron chi connectivity index (χ1n) is 12.8. The topological polar surface area (TPSA) is 58.6 Å². The van der Waals surface area contributed by atoms with Gasteiger partial charge in [0, 0.05) is 26.1 Å². The number of carbonyl (C=O) groups is 2. The molecule has 1 N–H and O–H groups in total. The van der Waals surface area contributed by atoms with Gasteiger partial charge in [0.1, 0.15) is 5.75 Å². The Labute approximate surface area is 193 Å². The van der Waals surface area contributed by atoms with Gasteiger partial charge < -0.3 is 15.0 Å². The zero-order chi connectivity index (χ0) is 22.4. The van der Waals surface area contributed by atoms with E-state index in [9.17, 15) is 9.59 Å². The smallest absolute Gasteiger partial charge is 0.260 e. The van der Waals surface area contributed by atoms with E-state index in [1.165, 1.54) is 31.2 Å². The quantitative estimate of drug-likeness (QED) is 0.729. The van der Waals surface area contributed by atoms with E-state index in [1.54, 1.807) is 0 Å². The predicted molar refractivity (Wildman–Crippen MR) is 127 cm³/mol. The maximum atomic E-state index is 12.8. The Kier molecular flexibility index (Phi) is 7.75. The van der Waals surface area contributed by atoms with Gasteiger partial charge >= 0.3 is 0 Å². The Morgan fingerprint density at radius 2 is 1.84 bits per heavy atom. The van der Waals surface area contributed by atoms with E-state index in [1.807, 2.05) is 25.1 Å². The van der Waals surface area contributed by atoms with Crippen LogP contribution in [0.5, 0.6) is 5.75 Å². The van der Waals surface area contributed by atoms with Crippen LogP contribution in [-0.2, 0) is 16.0 Å². The monoisotopic (exact) mass is 440 g/mol. The second-order valence-electron chi connectivity index (χ2n) is 10.4. The van der Waals surface area contributed by atoms with E-state index in [4.69, 9.17) is 4.74 Å². The lowest BCUT2D eigenvalue weighted by molar-refractivity contribution is -0.134. The molecule has 1 aromatic carbocycles. The molecule has 2 fully saturated rings. The van der Waals surface area contributed by atoms with Crippen molar-refractivity contribution < 1.29 is 14.3 Å². The number of hydrogen-bond donors (Lipinski definition) is 1. The molecule has 2 heterocycles. The van der Waals surface area contributed by atoms with Gasteiger partial charge in [0.2, 0.25) is 5.91 Å². The van der Waals surface area contributed by atoms with E-state index in [-0.39, 0.29) is 11.3 Å². The molecule has 5 heteroatoms. The molecule has 2 aliphatic heterocycles. The lowest BCUT2D eigenvalue weighted by atomic mass is 9.74. The van der Waals surface area contributed by atoms with Crippen LogP contribution in [0.3, 0.4) is 0 Å². The third-order valence-corrected chi connectivity index (χ3v) is 8.10. The van der Waals surface area contributed by atoms with Crippen molar-refractivity contribution in [3.8, 4) is 5.75 Å². The Morgan fingerprint density at radius 3 is 2.62 bits per heavy atom. The number of likely N-dealkylation sites (tertiary alicyclic amines) is 1. The number of para-hydroxylation sites is 1. The van der Waals surface area contributed by atoms with Gasteiger partial charge in [0.25, 0.3) is 5.91 Å².